The topological polar surface area (TPSA) is 66.5 Å². The summed E-state index contributed by atoms with van der Waals surface area (Å²) < 4.78 is 0. The molecule has 0 saturated heterocycles. The average Bonchev–Trinajstić information content (AvgIpc) is 3.24. The van der Waals surface area contributed by atoms with Crippen LogP contribution in [0.15, 0.2) is 54.4 Å². The molecule has 4 aromatic rings. The number of fused-ring (bicyclic) bond motifs is 1. The first-order valence-electron chi connectivity index (χ1n) is 7.80. The number of hydrogen-bond acceptors (Lipinski definition) is 5. The van der Waals surface area contributed by atoms with E-state index >= 15 is 0 Å². The quantitative estimate of drug-likeness (QED) is 0.576. The van der Waals surface area contributed by atoms with E-state index in [1.807, 2.05) is 6.07 Å². The van der Waals surface area contributed by atoms with Crippen LogP contribution in [-0.2, 0) is 6.42 Å². The van der Waals surface area contributed by atoms with Crippen LogP contribution in [0, 0.1) is 6.92 Å². The molecule has 0 spiro atoms. The third-order valence-electron chi connectivity index (χ3n) is 4.03. The Balaban J connectivity index is 1.70. The van der Waals surface area contributed by atoms with Crippen molar-refractivity contribution in [2.75, 3.05) is 5.32 Å². The first kappa shape index (κ1) is 14.8. The molecule has 120 valence electrons. The molecule has 0 saturated carbocycles. The van der Waals surface area contributed by atoms with Crippen molar-refractivity contribution in [3.05, 3.63) is 70.4 Å². The number of aromatic amines is 1. The van der Waals surface area contributed by atoms with Gasteiger partial charge in [-0.05, 0) is 35.9 Å². The highest BCUT2D eigenvalue weighted by Gasteiger charge is 2.18. The van der Waals surface area contributed by atoms with Gasteiger partial charge in [-0.25, -0.2) is 15.0 Å². The first-order valence-corrected chi connectivity index (χ1v) is 8.68. The van der Waals surface area contributed by atoms with Gasteiger partial charge < -0.3 is 10.3 Å². The van der Waals surface area contributed by atoms with Gasteiger partial charge in [0, 0.05) is 4.88 Å². The summed E-state index contributed by atoms with van der Waals surface area (Å²) in [4.78, 5) is 17.2. The van der Waals surface area contributed by atoms with Gasteiger partial charge in [0.2, 0.25) is 0 Å². The Labute approximate surface area is 143 Å². The molecular weight excluding hydrogens is 318 g/mol. The minimum Gasteiger partial charge on any atom is -0.360 e. The van der Waals surface area contributed by atoms with Crippen molar-refractivity contribution in [2.24, 2.45) is 0 Å². The van der Waals surface area contributed by atoms with Gasteiger partial charge in [-0.2, -0.15) is 0 Å². The van der Waals surface area contributed by atoms with Crippen molar-refractivity contribution in [1.29, 1.82) is 0 Å². The third-order valence-corrected chi connectivity index (χ3v) is 5.17. The van der Waals surface area contributed by atoms with Gasteiger partial charge in [0.1, 0.15) is 11.8 Å². The number of hydrogen-bond donors (Lipinski definition) is 2. The van der Waals surface area contributed by atoms with Crippen molar-refractivity contribution >= 4 is 28.3 Å². The van der Waals surface area contributed by atoms with Crippen LogP contribution in [0.4, 0.5) is 5.82 Å². The number of thiophene rings is 1. The van der Waals surface area contributed by atoms with E-state index in [0.29, 0.717) is 5.65 Å². The number of anilines is 1. The summed E-state index contributed by atoms with van der Waals surface area (Å²) in [5, 5.41) is 5.72. The van der Waals surface area contributed by atoms with Crippen LogP contribution in [0.25, 0.3) is 11.2 Å². The van der Waals surface area contributed by atoms with Gasteiger partial charge >= 0.3 is 0 Å². The summed E-state index contributed by atoms with van der Waals surface area (Å²) in [6.45, 7) is 2.15. The minimum absolute atomic E-state index is 0.147. The molecule has 3 heterocycles. The molecule has 0 aliphatic heterocycles. The zero-order valence-electron chi connectivity index (χ0n) is 13.2. The number of rotatable bonds is 5. The summed E-state index contributed by atoms with van der Waals surface area (Å²) >= 11 is 1.77. The number of nitrogens with one attached hydrogen (secondary N) is 2. The van der Waals surface area contributed by atoms with Gasteiger partial charge in [0.15, 0.2) is 11.5 Å². The van der Waals surface area contributed by atoms with E-state index in [1.165, 1.54) is 16.0 Å². The Morgan fingerprint density at radius 3 is 2.79 bits per heavy atom. The lowest BCUT2D eigenvalue weighted by Gasteiger charge is -2.19. The highest BCUT2D eigenvalue weighted by atomic mass is 32.1. The van der Waals surface area contributed by atoms with Crippen LogP contribution in [0.5, 0.6) is 0 Å². The monoisotopic (exact) mass is 335 g/mol. The molecule has 0 aliphatic carbocycles. The molecule has 24 heavy (non-hydrogen) atoms. The van der Waals surface area contributed by atoms with E-state index in [0.717, 1.165) is 17.8 Å². The average molecular weight is 335 g/mol. The number of nitrogens with zero attached hydrogens (tertiary/aromatic N) is 3. The highest BCUT2D eigenvalue weighted by molar-refractivity contribution is 7.10. The van der Waals surface area contributed by atoms with Crippen molar-refractivity contribution in [2.45, 2.75) is 19.4 Å². The molecule has 6 heteroatoms. The molecule has 0 aliphatic rings. The zero-order valence-corrected chi connectivity index (χ0v) is 14.0. The van der Waals surface area contributed by atoms with Gasteiger partial charge in [-0.1, -0.05) is 30.3 Å². The lowest BCUT2D eigenvalue weighted by atomic mass is 10.0. The standard InChI is InChI=1S/C18H17N5S/c1-12-7-8-24-16(12)14(9-13-5-3-2-4-6-13)23-18-15-17(20-10-19-15)21-11-22-18/h2-8,10-11,14H,9H2,1H3,(H2,19,20,21,22,23). The normalized spacial score (nSPS) is 12.4. The second-order valence-corrected chi connectivity index (χ2v) is 6.63. The lowest BCUT2D eigenvalue weighted by Crippen LogP contribution is -2.15. The Kier molecular flexibility index (Phi) is 3.96. The zero-order chi connectivity index (χ0) is 16.4. The van der Waals surface area contributed by atoms with Crippen LogP contribution in [-0.4, -0.2) is 19.9 Å². The van der Waals surface area contributed by atoms with E-state index in [-0.39, 0.29) is 6.04 Å². The Morgan fingerprint density at radius 2 is 2.00 bits per heavy atom. The SMILES string of the molecule is Cc1ccsc1C(Cc1ccccc1)Nc1ncnc2nc[nH]c12. The second-order valence-electron chi connectivity index (χ2n) is 5.68. The number of H-pyrrole nitrogens is 1. The van der Waals surface area contributed by atoms with E-state index in [2.05, 4.69) is 67.9 Å². The fourth-order valence-corrected chi connectivity index (χ4v) is 3.82. The number of imidazole rings is 1. The summed E-state index contributed by atoms with van der Waals surface area (Å²) in [6.07, 6.45) is 4.08. The highest BCUT2D eigenvalue weighted by Crippen LogP contribution is 2.30. The molecule has 0 fully saturated rings. The number of benzene rings is 1. The van der Waals surface area contributed by atoms with Crippen LogP contribution in [0.1, 0.15) is 22.0 Å². The van der Waals surface area contributed by atoms with Gasteiger partial charge in [0.05, 0.1) is 12.4 Å². The summed E-state index contributed by atoms with van der Waals surface area (Å²) in [5.74, 6) is 0.784. The van der Waals surface area contributed by atoms with Crippen LogP contribution < -0.4 is 5.32 Å². The molecule has 1 aromatic carbocycles. The predicted molar refractivity (Wildman–Crippen MR) is 97.2 cm³/mol. The smallest absolute Gasteiger partial charge is 0.182 e. The largest absolute Gasteiger partial charge is 0.360 e. The molecule has 0 bridgehead atoms. The van der Waals surface area contributed by atoms with E-state index in [4.69, 9.17) is 0 Å². The molecule has 3 aromatic heterocycles. The fraction of sp³-hybridized carbons (Fsp3) is 0.167. The van der Waals surface area contributed by atoms with Gasteiger partial charge in [-0.15, -0.1) is 11.3 Å². The fourth-order valence-electron chi connectivity index (χ4n) is 2.84. The molecule has 5 nitrogen and oxygen atoms in total. The van der Waals surface area contributed by atoms with Gasteiger partial charge in [0.25, 0.3) is 0 Å². The Hall–Kier alpha value is -2.73. The first-order chi connectivity index (χ1) is 11.8. The molecule has 1 unspecified atom stereocenters. The van der Waals surface area contributed by atoms with Crippen LogP contribution in [0.3, 0.4) is 0 Å². The molecule has 0 amide bonds. The second kappa shape index (κ2) is 6.41. The molecule has 1 atom stereocenters. The van der Waals surface area contributed by atoms with Crippen molar-refractivity contribution in [1.82, 2.24) is 19.9 Å². The third kappa shape index (κ3) is 2.88. The summed E-state index contributed by atoms with van der Waals surface area (Å²) in [5.41, 5.74) is 4.10. The van der Waals surface area contributed by atoms with E-state index in [1.54, 1.807) is 24.0 Å². The van der Waals surface area contributed by atoms with Crippen LogP contribution in [0.2, 0.25) is 0 Å². The van der Waals surface area contributed by atoms with Crippen molar-refractivity contribution in [3.63, 3.8) is 0 Å². The summed E-state index contributed by atoms with van der Waals surface area (Å²) in [7, 11) is 0. The number of aromatic nitrogens is 4. The number of aryl methyl sites for hydroxylation is 1. The summed E-state index contributed by atoms with van der Waals surface area (Å²) in [6, 6.07) is 12.8. The maximum Gasteiger partial charge on any atom is 0.182 e. The maximum absolute atomic E-state index is 4.41. The van der Waals surface area contributed by atoms with Crippen molar-refractivity contribution in [3.8, 4) is 0 Å². The van der Waals surface area contributed by atoms with Crippen molar-refractivity contribution < 1.29 is 0 Å². The Bertz CT molecular complexity index is 944. The molecule has 4 rings (SSSR count). The Morgan fingerprint density at radius 1 is 1.12 bits per heavy atom. The predicted octanol–water partition coefficient (Wildman–Crippen LogP) is 4.12. The van der Waals surface area contributed by atoms with E-state index in [9.17, 15) is 0 Å². The lowest BCUT2D eigenvalue weighted by molar-refractivity contribution is 0.781. The van der Waals surface area contributed by atoms with Gasteiger partial charge in [-0.3, -0.25) is 0 Å². The van der Waals surface area contributed by atoms with E-state index < -0.39 is 0 Å². The minimum atomic E-state index is 0.147. The molecule has 2 N–H and O–H groups in total. The molecule has 0 radical (unpaired) electrons. The molecular formula is C18H17N5S. The maximum atomic E-state index is 4.41. The van der Waals surface area contributed by atoms with Crippen LogP contribution >= 0.6 is 11.3 Å².